The van der Waals surface area contributed by atoms with Gasteiger partial charge in [0.2, 0.25) is 11.8 Å². The molecular formula is C15H18F2N2O2. The maximum atomic E-state index is 13.9. The lowest BCUT2D eigenvalue weighted by atomic mass is 10.1. The Morgan fingerprint density at radius 1 is 1.38 bits per heavy atom. The van der Waals surface area contributed by atoms with Crippen molar-refractivity contribution in [3.8, 4) is 0 Å². The fourth-order valence-corrected chi connectivity index (χ4v) is 2.53. The highest BCUT2D eigenvalue weighted by molar-refractivity contribution is 6.03. The zero-order valence-electron chi connectivity index (χ0n) is 12.0. The summed E-state index contributed by atoms with van der Waals surface area (Å²) in [6.45, 7) is 4.02. The second-order valence-corrected chi connectivity index (χ2v) is 5.20. The van der Waals surface area contributed by atoms with Crippen LogP contribution in [0.1, 0.15) is 31.9 Å². The van der Waals surface area contributed by atoms with Crippen molar-refractivity contribution in [3.05, 3.63) is 35.4 Å². The number of likely N-dealkylation sites (N-methyl/N-ethyl adjacent to an activating group) is 1. The first-order valence-electron chi connectivity index (χ1n) is 6.97. The quantitative estimate of drug-likeness (QED) is 0.846. The number of hydrogen-bond donors (Lipinski definition) is 1. The Morgan fingerprint density at radius 3 is 2.67 bits per heavy atom. The number of imide groups is 1. The highest BCUT2D eigenvalue weighted by Crippen LogP contribution is 2.25. The molecule has 0 saturated carbocycles. The first-order valence-corrected chi connectivity index (χ1v) is 6.97. The van der Waals surface area contributed by atoms with E-state index in [9.17, 15) is 18.4 Å². The number of carbonyl (C=O) groups excluding carboxylic acids is 2. The molecule has 4 nitrogen and oxygen atoms in total. The summed E-state index contributed by atoms with van der Waals surface area (Å²) in [5.41, 5.74) is 0.122. The Hall–Kier alpha value is -1.82. The van der Waals surface area contributed by atoms with Gasteiger partial charge in [0.25, 0.3) is 0 Å². The third-order valence-electron chi connectivity index (χ3n) is 3.64. The third kappa shape index (κ3) is 3.10. The zero-order valence-corrected chi connectivity index (χ0v) is 12.0. The molecule has 2 amide bonds. The number of benzene rings is 1. The summed E-state index contributed by atoms with van der Waals surface area (Å²) >= 11 is 0. The largest absolute Gasteiger partial charge is 0.309 e. The molecule has 1 aliphatic heterocycles. The SMILES string of the molecule is CCNC(CN1C(=O)CC(C)C1=O)c1cccc(F)c1F. The predicted molar refractivity (Wildman–Crippen MR) is 73.3 cm³/mol. The van der Waals surface area contributed by atoms with E-state index in [1.54, 1.807) is 6.92 Å². The molecule has 1 fully saturated rings. The molecule has 0 radical (unpaired) electrons. The molecule has 1 aromatic rings. The Labute approximate surface area is 122 Å². The Bertz CT molecular complexity index is 563. The number of halogens is 2. The van der Waals surface area contributed by atoms with Crippen molar-refractivity contribution in [1.29, 1.82) is 0 Å². The van der Waals surface area contributed by atoms with Gasteiger partial charge in [0.1, 0.15) is 0 Å². The van der Waals surface area contributed by atoms with Crippen LogP contribution in [-0.2, 0) is 9.59 Å². The first-order chi connectivity index (χ1) is 9.95. The molecule has 1 N–H and O–H groups in total. The fourth-order valence-electron chi connectivity index (χ4n) is 2.53. The minimum Gasteiger partial charge on any atom is -0.309 e. The molecule has 0 spiro atoms. The van der Waals surface area contributed by atoms with Crippen molar-refractivity contribution >= 4 is 11.8 Å². The number of amides is 2. The van der Waals surface area contributed by atoms with Gasteiger partial charge in [-0.2, -0.15) is 0 Å². The van der Waals surface area contributed by atoms with E-state index in [0.717, 1.165) is 11.0 Å². The van der Waals surface area contributed by atoms with Crippen LogP contribution in [0, 0.1) is 17.6 Å². The van der Waals surface area contributed by atoms with E-state index in [0.29, 0.717) is 6.54 Å². The van der Waals surface area contributed by atoms with E-state index >= 15 is 0 Å². The molecule has 6 heteroatoms. The number of rotatable bonds is 5. The normalized spacial score (nSPS) is 20.2. The number of likely N-dealkylation sites (tertiary alicyclic amines) is 1. The Balaban J connectivity index is 2.26. The van der Waals surface area contributed by atoms with Crippen molar-refractivity contribution in [2.75, 3.05) is 13.1 Å². The molecule has 2 rings (SSSR count). The van der Waals surface area contributed by atoms with Crippen LogP contribution in [0.25, 0.3) is 0 Å². The maximum Gasteiger partial charge on any atom is 0.232 e. The smallest absolute Gasteiger partial charge is 0.232 e. The van der Waals surface area contributed by atoms with Crippen LogP contribution in [0.2, 0.25) is 0 Å². The molecule has 2 atom stereocenters. The predicted octanol–water partition coefficient (Wildman–Crippen LogP) is 2.01. The summed E-state index contributed by atoms with van der Waals surface area (Å²) < 4.78 is 27.3. The Kier molecular flexibility index (Phi) is 4.67. The van der Waals surface area contributed by atoms with E-state index in [1.807, 2.05) is 6.92 Å². The molecule has 0 aliphatic carbocycles. The van der Waals surface area contributed by atoms with Gasteiger partial charge in [0.15, 0.2) is 11.6 Å². The van der Waals surface area contributed by atoms with Crippen LogP contribution in [0.4, 0.5) is 8.78 Å². The molecular weight excluding hydrogens is 278 g/mol. The van der Waals surface area contributed by atoms with Gasteiger partial charge in [-0.15, -0.1) is 0 Å². The van der Waals surface area contributed by atoms with Gasteiger partial charge in [-0.1, -0.05) is 26.0 Å². The van der Waals surface area contributed by atoms with Crippen molar-refractivity contribution in [1.82, 2.24) is 10.2 Å². The van der Waals surface area contributed by atoms with Gasteiger partial charge >= 0.3 is 0 Å². The number of nitrogens with zero attached hydrogens (tertiary/aromatic N) is 1. The van der Waals surface area contributed by atoms with Crippen LogP contribution >= 0.6 is 0 Å². The highest BCUT2D eigenvalue weighted by Gasteiger charge is 2.37. The third-order valence-corrected chi connectivity index (χ3v) is 3.64. The monoisotopic (exact) mass is 296 g/mol. The van der Waals surface area contributed by atoms with Crippen molar-refractivity contribution in [2.24, 2.45) is 5.92 Å². The lowest BCUT2D eigenvalue weighted by molar-refractivity contribution is -0.139. The van der Waals surface area contributed by atoms with Gasteiger partial charge in [-0.25, -0.2) is 8.78 Å². The lowest BCUT2D eigenvalue weighted by Crippen LogP contribution is -2.39. The second kappa shape index (κ2) is 6.30. The van der Waals surface area contributed by atoms with Crippen LogP contribution < -0.4 is 5.32 Å². The molecule has 1 aromatic carbocycles. The molecule has 1 saturated heterocycles. The molecule has 0 bridgehead atoms. The van der Waals surface area contributed by atoms with Gasteiger partial charge in [0.05, 0.1) is 6.04 Å². The summed E-state index contributed by atoms with van der Waals surface area (Å²) in [5, 5.41) is 3.00. The van der Waals surface area contributed by atoms with Crippen molar-refractivity contribution in [2.45, 2.75) is 26.3 Å². The first kappa shape index (κ1) is 15.6. The van der Waals surface area contributed by atoms with Crippen molar-refractivity contribution in [3.63, 3.8) is 0 Å². The van der Waals surface area contributed by atoms with E-state index in [-0.39, 0.29) is 36.3 Å². The van der Waals surface area contributed by atoms with E-state index < -0.39 is 17.7 Å². The van der Waals surface area contributed by atoms with Crippen LogP contribution in [0.5, 0.6) is 0 Å². The number of nitrogens with one attached hydrogen (secondary N) is 1. The topological polar surface area (TPSA) is 49.4 Å². The van der Waals surface area contributed by atoms with E-state index in [2.05, 4.69) is 5.32 Å². The minimum absolute atomic E-state index is 0.0101. The second-order valence-electron chi connectivity index (χ2n) is 5.20. The summed E-state index contributed by atoms with van der Waals surface area (Å²) in [6.07, 6.45) is 0.170. The molecule has 21 heavy (non-hydrogen) atoms. The lowest BCUT2D eigenvalue weighted by Gasteiger charge is -2.24. The van der Waals surface area contributed by atoms with Gasteiger partial charge in [-0.3, -0.25) is 14.5 Å². The summed E-state index contributed by atoms with van der Waals surface area (Å²) in [4.78, 5) is 24.9. The number of carbonyl (C=O) groups is 2. The van der Waals surface area contributed by atoms with E-state index in [4.69, 9.17) is 0 Å². The summed E-state index contributed by atoms with van der Waals surface area (Å²) in [6, 6.07) is 3.29. The number of hydrogen-bond acceptors (Lipinski definition) is 3. The molecule has 1 heterocycles. The van der Waals surface area contributed by atoms with Gasteiger partial charge in [0, 0.05) is 24.4 Å². The fraction of sp³-hybridized carbons (Fsp3) is 0.467. The van der Waals surface area contributed by atoms with Gasteiger partial charge in [-0.05, 0) is 12.6 Å². The van der Waals surface area contributed by atoms with Gasteiger partial charge < -0.3 is 5.32 Å². The Morgan fingerprint density at radius 2 is 2.10 bits per heavy atom. The molecule has 114 valence electrons. The summed E-state index contributed by atoms with van der Waals surface area (Å²) in [7, 11) is 0. The molecule has 0 aromatic heterocycles. The maximum absolute atomic E-state index is 13.9. The zero-order chi connectivity index (χ0) is 15.6. The van der Waals surface area contributed by atoms with E-state index in [1.165, 1.54) is 12.1 Å². The minimum atomic E-state index is -0.949. The summed E-state index contributed by atoms with van der Waals surface area (Å²) in [5.74, 6) is -2.78. The highest BCUT2D eigenvalue weighted by atomic mass is 19.2. The van der Waals surface area contributed by atoms with Crippen LogP contribution in [0.15, 0.2) is 18.2 Å². The van der Waals surface area contributed by atoms with Crippen LogP contribution in [0.3, 0.4) is 0 Å². The van der Waals surface area contributed by atoms with Crippen LogP contribution in [-0.4, -0.2) is 29.8 Å². The molecule has 1 aliphatic rings. The van der Waals surface area contributed by atoms with Crippen molar-refractivity contribution < 1.29 is 18.4 Å². The average Bonchev–Trinajstić information content (AvgIpc) is 2.68. The average molecular weight is 296 g/mol. The standard InChI is InChI=1S/C15H18F2N2O2/c1-3-18-12(10-5-4-6-11(16)14(10)17)8-19-13(20)7-9(2)15(19)21/h4-6,9,12,18H,3,7-8H2,1-2H3. The molecule has 2 unspecified atom stereocenters.